The summed E-state index contributed by atoms with van der Waals surface area (Å²) in [4.78, 5) is 11.9. The van der Waals surface area contributed by atoms with Crippen LogP contribution in [-0.2, 0) is 22.4 Å². The summed E-state index contributed by atoms with van der Waals surface area (Å²) in [5, 5.41) is 4.21. The minimum atomic E-state index is -4.63. The van der Waals surface area contributed by atoms with Gasteiger partial charge in [-0.25, -0.2) is 9.48 Å². The molecule has 132 valence electrons. The second-order valence-corrected chi connectivity index (χ2v) is 5.30. The van der Waals surface area contributed by atoms with E-state index in [9.17, 15) is 18.0 Å². The summed E-state index contributed by atoms with van der Waals surface area (Å²) >= 11 is 0. The summed E-state index contributed by atoms with van der Waals surface area (Å²) in [6, 6.07) is 1.62. The second kappa shape index (κ2) is 6.68. The number of halogens is 3. The highest BCUT2D eigenvalue weighted by Gasteiger charge is 2.34. The molecule has 0 bridgehead atoms. The van der Waals surface area contributed by atoms with Gasteiger partial charge >= 0.3 is 12.1 Å². The average Bonchev–Trinajstić information content (AvgIpc) is 2.82. The summed E-state index contributed by atoms with van der Waals surface area (Å²) in [5.41, 5.74) is -1.21. The van der Waals surface area contributed by atoms with Gasteiger partial charge in [0.2, 0.25) is 5.88 Å². The smallest absolute Gasteiger partial charge is 0.416 e. The van der Waals surface area contributed by atoms with Crippen LogP contribution >= 0.6 is 0 Å². The molecule has 0 saturated carbocycles. The molecule has 9 heteroatoms. The van der Waals surface area contributed by atoms with Crippen molar-refractivity contribution in [3.05, 3.63) is 23.3 Å². The van der Waals surface area contributed by atoms with E-state index in [0.717, 1.165) is 19.2 Å². The predicted octanol–water partition coefficient (Wildman–Crippen LogP) is 3.23. The molecular weight excluding hydrogens is 329 g/mol. The molecule has 0 spiro atoms. The number of nitrogens with zero attached hydrogens (tertiary/aromatic N) is 2. The maximum absolute atomic E-state index is 13.2. The first-order valence-electron chi connectivity index (χ1n) is 7.04. The molecule has 0 aliphatic carbocycles. The average molecular weight is 346 g/mol. The second-order valence-electron chi connectivity index (χ2n) is 5.30. The Bertz CT molecular complexity index is 753. The number of carbonyl (C=O) groups is 1. The van der Waals surface area contributed by atoms with Gasteiger partial charge in [-0.3, -0.25) is 0 Å². The minimum absolute atomic E-state index is 0.0430. The molecule has 2 aromatic rings. The molecule has 0 radical (unpaired) electrons. The Balaban J connectivity index is 2.82. The SMILES string of the molecule is COCn1nc2c(C(=O)OC)cc(C(F)(F)F)cc2c1OC(C)C. The maximum Gasteiger partial charge on any atom is 0.416 e. The number of ether oxygens (including phenoxy) is 3. The Kier molecular flexibility index (Phi) is 5.02. The first kappa shape index (κ1) is 18.1. The van der Waals surface area contributed by atoms with Crippen molar-refractivity contribution in [2.75, 3.05) is 14.2 Å². The van der Waals surface area contributed by atoms with Gasteiger partial charge in [0.25, 0.3) is 0 Å². The highest BCUT2D eigenvalue weighted by Crippen LogP contribution is 2.37. The standard InChI is InChI=1S/C15H17F3N2O4/c1-8(2)24-13-10-5-9(15(16,17)18)6-11(14(21)23-4)12(10)19-20(13)7-22-3/h5-6,8H,7H2,1-4H3. The van der Waals surface area contributed by atoms with E-state index in [-0.39, 0.29) is 35.2 Å². The van der Waals surface area contributed by atoms with Gasteiger partial charge in [-0.2, -0.15) is 18.3 Å². The van der Waals surface area contributed by atoms with E-state index in [1.165, 1.54) is 11.8 Å². The summed E-state index contributed by atoms with van der Waals surface area (Å²) in [6.07, 6.45) is -4.94. The van der Waals surface area contributed by atoms with E-state index in [1.807, 2.05) is 0 Å². The monoisotopic (exact) mass is 346 g/mol. The first-order valence-corrected chi connectivity index (χ1v) is 7.04. The lowest BCUT2D eigenvalue weighted by Crippen LogP contribution is -2.12. The van der Waals surface area contributed by atoms with Crippen molar-refractivity contribution in [3.63, 3.8) is 0 Å². The van der Waals surface area contributed by atoms with Gasteiger partial charge in [0, 0.05) is 7.11 Å². The van der Waals surface area contributed by atoms with E-state index >= 15 is 0 Å². The molecule has 1 heterocycles. The molecule has 6 nitrogen and oxygen atoms in total. The fourth-order valence-electron chi connectivity index (χ4n) is 2.20. The van der Waals surface area contributed by atoms with Crippen LogP contribution < -0.4 is 4.74 Å². The number of benzene rings is 1. The summed E-state index contributed by atoms with van der Waals surface area (Å²) in [7, 11) is 2.50. The Morgan fingerprint density at radius 2 is 1.96 bits per heavy atom. The predicted molar refractivity (Wildman–Crippen MR) is 78.8 cm³/mol. The minimum Gasteiger partial charge on any atom is -0.475 e. The Hall–Kier alpha value is -2.29. The third-order valence-electron chi connectivity index (χ3n) is 3.13. The van der Waals surface area contributed by atoms with Gasteiger partial charge in [-0.1, -0.05) is 0 Å². The number of methoxy groups -OCH3 is 2. The quantitative estimate of drug-likeness (QED) is 0.778. The number of aromatic nitrogens is 2. The summed E-state index contributed by atoms with van der Waals surface area (Å²) in [6.45, 7) is 3.41. The number of esters is 1. The van der Waals surface area contributed by atoms with Crippen molar-refractivity contribution in [2.24, 2.45) is 0 Å². The molecule has 0 amide bonds. The molecule has 0 aliphatic heterocycles. The molecule has 0 atom stereocenters. The fourth-order valence-corrected chi connectivity index (χ4v) is 2.20. The molecule has 0 N–H and O–H groups in total. The molecule has 1 aromatic carbocycles. The van der Waals surface area contributed by atoms with E-state index in [1.54, 1.807) is 13.8 Å². The number of hydrogen-bond donors (Lipinski definition) is 0. The molecule has 2 rings (SSSR count). The zero-order valence-electron chi connectivity index (χ0n) is 13.6. The van der Waals surface area contributed by atoms with Crippen LogP contribution in [0.25, 0.3) is 10.9 Å². The van der Waals surface area contributed by atoms with Gasteiger partial charge in [-0.15, -0.1) is 0 Å². The van der Waals surface area contributed by atoms with Crippen LogP contribution in [0.5, 0.6) is 5.88 Å². The summed E-state index contributed by atoms with van der Waals surface area (Å²) in [5.74, 6) is -0.817. The van der Waals surface area contributed by atoms with Crippen LogP contribution in [-0.4, -0.2) is 36.1 Å². The fraction of sp³-hybridized carbons (Fsp3) is 0.467. The highest BCUT2D eigenvalue weighted by atomic mass is 19.4. The number of alkyl halides is 3. The van der Waals surface area contributed by atoms with Crippen molar-refractivity contribution in [1.82, 2.24) is 9.78 Å². The largest absolute Gasteiger partial charge is 0.475 e. The number of carbonyl (C=O) groups excluding carboxylic acids is 1. The van der Waals surface area contributed by atoms with E-state index in [2.05, 4.69) is 9.84 Å². The van der Waals surface area contributed by atoms with Crippen LogP contribution in [0.1, 0.15) is 29.8 Å². The zero-order valence-corrected chi connectivity index (χ0v) is 13.6. The number of fused-ring (bicyclic) bond motifs is 1. The topological polar surface area (TPSA) is 62.6 Å². The van der Waals surface area contributed by atoms with Crippen LogP contribution in [0.2, 0.25) is 0 Å². The van der Waals surface area contributed by atoms with Crippen molar-refractivity contribution >= 4 is 16.9 Å². The molecule has 0 saturated heterocycles. The van der Waals surface area contributed by atoms with E-state index < -0.39 is 17.7 Å². The third-order valence-corrected chi connectivity index (χ3v) is 3.13. The molecule has 24 heavy (non-hydrogen) atoms. The lowest BCUT2D eigenvalue weighted by atomic mass is 10.1. The van der Waals surface area contributed by atoms with Gasteiger partial charge in [0.15, 0.2) is 0 Å². The van der Waals surface area contributed by atoms with Gasteiger partial charge in [0.05, 0.1) is 29.7 Å². The number of hydrogen-bond acceptors (Lipinski definition) is 5. The van der Waals surface area contributed by atoms with Crippen molar-refractivity contribution in [3.8, 4) is 5.88 Å². The van der Waals surface area contributed by atoms with Crippen LogP contribution in [0.15, 0.2) is 12.1 Å². The molecule has 0 fully saturated rings. The molecule has 0 aliphatic rings. The van der Waals surface area contributed by atoms with Crippen LogP contribution in [0.4, 0.5) is 13.2 Å². The molecular formula is C15H17F3N2O4. The molecule has 0 unspecified atom stereocenters. The number of rotatable bonds is 5. The van der Waals surface area contributed by atoms with Gasteiger partial charge in [0.1, 0.15) is 12.2 Å². The lowest BCUT2D eigenvalue weighted by molar-refractivity contribution is -0.137. The third kappa shape index (κ3) is 3.45. The Morgan fingerprint density at radius 3 is 2.46 bits per heavy atom. The van der Waals surface area contributed by atoms with Crippen LogP contribution in [0.3, 0.4) is 0 Å². The van der Waals surface area contributed by atoms with Crippen molar-refractivity contribution < 1.29 is 32.2 Å². The maximum atomic E-state index is 13.2. The lowest BCUT2D eigenvalue weighted by Gasteiger charge is -2.12. The molecule has 1 aromatic heterocycles. The van der Waals surface area contributed by atoms with Crippen molar-refractivity contribution in [1.29, 1.82) is 0 Å². The first-order chi connectivity index (χ1) is 11.2. The Labute approximate surface area is 136 Å². The van der Waals surface area contributed by atoms with E-state index in [4.69, 9.17) is 9.47 Å². The zero-order chi connectivity index (χ0) is 18.1. The van der Waals surface area contributed by atoms with Crippen molar-refractivity contribution in [2.45, 2.75) is 32.9 Å². The Morgan fingerprint density at radius 1 is 1.29 bits per heavy atom. The van der Waals surface area contributed by atoms with Gasteiger partial charge < -0.3 is 14.2 Å². The highest BCUT2D eigenvalue weighted by molar-refractivity contribution is 6.04. The van der Waals surface area contributed by atoms with Crippen LogP contribution in [0, 0.1) is 0 Å². The van der Waals surface area contributed by atoms with Gasteiger partial charge in [-0.05, 0) is 26.0 Å². The summed E-state index contributed by atoms with van der Waals surface area (Å²) < 4.78 is 55.9. The van der Waals surface area contributed by atoms with E-state index in [0.29, 0.717) is 0 Å². The normalized spacial score (nSPS) is 12.0.